The summed E-state index contributed by atoms with van der Waals surface area (Å²) in [6, 6.07) is 11.4. The molecular weight excluding hydrogens is 470 g/mol. The van der Waals surface area contributed by atoms with Crippen LogP contribution in [0.2, 0.25) is 0 Å². The lowest BCUT2D eigenvalue weighted by molar-refractivity contribution is -0.139. The highest BCUT2D eigenvalue weighted by Gasteiger charge is 2.31. The monoisotopic (exact) mass is 505 g/mol. The molecule has 1 atom stereocenters. The van der Waals surface area contributed by atoms with Gasteiger partial charge in [-0.2, -0.15) is 0 Å². The van der Waals surface area contributed by atoms with Crippen LogP contribution in [-0.4, -0.2) is 64.7 Å². The minimum atomic E-state index is -3.85. The maximum Gasteiger partial charge on any atom is 0.244 e. The second-order valence-electron chi connectivity index (χ2n) is 8.28. The van der Waals surface area contributed by atoms with Crippen molar-refractivity contribution in [1.82, 2.24) is 10.2 Å². The summed E-state index contributed by atoms with van der Waals surface area (Å²) in [5.41, 5.74) is 1.84. The highest BCUT2D eigenvalue weighted by molar-refractivity contribution is 7.92. The molecule has 0 aromatic heterocycles. The lowest BCUT2D eigenvalue weighted by Crippen LogP contribution is -2.51. The molecule has 35 heavy (non-hydrogen) atoms. The number of sulfonamides is 1. The Labute approximate surface area is 208 Å². The number of rotatable bonds is 12. The Morgan fingerprint density at radius 3 is 2.26 bits per heavy atom. The zero-order valence-corrected chi connectivity index (χ0v) is 22.0. The first-order chi connectivity index (χ1) is 16.5. The molecule has 0 fully saturated rings. The summed E-state index contributed by atoms with van der Waals surface area (Å²) < 4.78 is 37.1. The lowest BCUT2D eigenvalue weighted by Gasteiger charge is -2.32. The Hall–Kier alpha value is -3.27. The van der Waals surface area contributed by atoms with Crippen molar-refractivity contribution in [2.45, 2.75) is 39.8 Å². The molecule has 0 spiro atoms. The van der Waals surface area contributed by atoms with Crippen molar-refractivity contribution in [2.75, 3.05) is 37.9 Å². The van der Waals surface area contributed by atoms with Crippen molar-refractivity contribution in [3.8, 4) is 11.5 Å². The third-order valence-corrected chi connectivity index (χ3v) is 6.64. The van der Waals surface area contributed by atoms with Gasteiger partial charge in [0.2, 0.25) is 21.8 Å². The van der Waals surface area contributed by atoms with Gasteiger partial charge in [0.25, 0.3) is 0 Å². The number of anilines is 1. The summed E-state index contributed by atoms with van der Waals surface area (Å²) in [7, 11) is -0.852. The van der Waals surface area contributed by atoms with Crippen molar-refractivity contribution in [3.63, 3.8) is 0 Å². The maximum absolute atomic E-state index is 13.6. The molecule has 0 radical (unpaired) electrons. The molecule has 0 saturated carbocycles. The van der Waals surface area contributed by atoms with Gasteiger partial charge < -0.3 is 19.7 Å². The standard InChI is InChI=1S/C25H35N3O6S/c1-7-14-26-25(30)19(3)27(16-20-9-11-21(33-4)12-10-20)24(29)17-28(35(6,31)32)22-15-18(2)8-13-23(22)34-5/h8-13,15,19H,7,14,16-17H2,1-6H3,(H,26,30). The van der Waals surface area contributed by atoms with Crippen molar-refractivity contribution >= 4 is 27.5 Å². The summed E-state index contributed by atoms with van der Waals surface area (Å²) in [4.78, 5) is 27.7. The van der Waals surface area contributed by atoms with Crippen LogP contribution in [0.15, 0.2) is 42.5 Å². The molecule has 0 saturated heterocycles. The summed E-state index contributed by atoms with van der Waals surface area (Å²) in [6.45, 7) is 5.49. The van der Waals surface area contributed by atoms with Gasteiger partial charge in [-0.15, -0.1) is 0 Å². The summed E-state index contributed by atoms with van der Waals surface area (Å²) in [6.07, 6.45) is 1.78. The first-order valence-electron chi connectivity index (χ1n) is 11.3. The first-order valence-corrected chi connectivity index (χ1v) is 13.2. The van der Waals surface area contributed by atoms with Crippen molar-refractivity contribution in [3.05, 3.63) is 53.6 Å². The molecule has 0 aliphatic rings. The predicted molar refractivity (Wildman–Crippen MR) is 136 cm³/mol. The third-order valence-electron chi connectivity index (χ3n) is 5.51. The molecule has 0 bridgehead atoms. The number of nitrogens with one attached hydrogen (secondary N) is 1. The van der Waals surface area contributed by atoms with Crippen molar-refractivity contribution in [2.24, 2.45) is 0 Å². The number of benzene rings is 2. The van der Waals surface area contributed by atoms with Gasteiger partial charge in [0.1, 0.15) is 24.1 Å². The minimum absolute atomic E-state index is 0.117. The number of aryl methyl sites for hydroxylation is 1. The molecule has 0 aliphatic heterocycles. The number of carbonyl (C=O) groups is 2. The maximum atomic E-state index is 13.6. The molecule has 2 aromatic rings. The highest BCUT2D eigenvalue weighted by Crippen LogP contribution is 2.31. The fourth-order valence-corrected chi connectivity index (χ4v) is 4.34. The van der Waals surface area contributed by atoms with E-state index in [9.17, 15) is 18.0 Å². The second kappa shape index (κ2) is 12.4. The van der Waals surface area contributed by atoms with Crippen LogP contribution in [0.1, 0.15) is 31.4 Å². The van der Waals surface area contributed by atoms with Crippen LogP contribution in [0.4, 0.5) is 5.69 Å². The van der Waals surface area contributed by atoms with E-state index in [1.54, 1.807) is 56.5 Å². The van der Waals surface area contributed by atoms with Gasteiger partial charge in [0.05, 0.1) is 26.2 Å². The highest BCUT2D eigenvalue weighted by atomic mass is 32.2. The Morgan fingerprint density at radius 2 is 1.71 bits per heavy atom. The van der Waals surface area contributed by atoms with E-state index in [4.69, 9.17) is 9.47 Å². The molecule has 0 aliphatic carbocycles. The molecule has 0 heterocycles. The SMILES string of the molecule is CCCNC(=O)C(C)N(Cc1ccc(OC)cc1)C(=O)CN(c1cc(C)ccc1OC)S(C)(=O)=O. The van der Waals surface area contributed by atoms with Gasteiger partial charge >= 0.3 is 0 Å². The van der Waals surface area contributed by atoms with Crippen LogP contribution in [0.25, 0.3) is 0 Å². The Bertz CT molecular complexity index is 1120. The summed E-state index contributed by atoms with van der Waals surface area (Å²) in [5, 5.41) is 2.81. The van der Waals surface area contributed by atoms with E-state index in [-0.39, 0.29) is 18.1 Å². The molecule has 1 N–H and O–H groups in total. The van der Waals surface area contributed by atoms with Crippen molar-refractivity contribution < 1.29 is 27.5 Å². The van der Waals surface area contributed by atoms with E-state index < -0.39 is 28.5 Å². The second-order valence-corrected chi connectivity index (χ2v) is 10.2. The van der Waals surface area contributed by atoms with Gasteiger partial charge in [0, 0.05) is 13.1 Å². The fraction of sp³-hybridized carbons (Fsp3) is 0.440. The van der Waals surface area contributed by atoms with E-state index in [0.29, 0.717) is 18.0 Å². The van der Waals surface area contributed by atoms with Crippen LogP contribution in [0, 0.1) is 6.92 Å². The Balaban J connectivity index is 2.43. The molecular formula is C25H35N3O6S. The number of hydrogen-bond donors (Lipinski definition) is 1. The average molecular weight is 506 g/mol. The average Bonchev–Trinajstić information content (AvgIpc) is 2.83. The van der Waals surface area contributed by atoms with E-state index in [1.165, 1.54) is 12.0 Å². The van der Waals surface area contributed by atoms with Gasteiger partial charge in [-0.3, -0.25) is 13.9 Å². The Morgan fingerprint density at radius 1 is 1.06 bits per heavy atom. The fourth-order valence-electron chi connectivity index (χ4n) is 3.50. The van der Waals surface area contributed by atoms with Crippen LogP contribution < -0.4 is 19.1 Å². The van der Waals surface area contributed by atoms with Crippen LogP contribution >= 0.6 is 0 Å². The van der Waals surface area contributed by atoms with E-state index in [1.807, 2.05) is 13.8 Å². The van der Waals surface area contributed by atoms with Crippen LogP contribution in [0.5, 0.6) is 11.5 Å². The predicted octanol–water partition coefficient (Wildman–Crippen LogP) is 2.72. The molecule has 9 nitrogen and oxygen atoms in total. The molecule has 1 unspecified atom stereocenters. The van der Waals surface area contributed by atoms with Crippen LogP contribution in [0.3, 0.4) is 0 Å². The zero-order chi connectivity index (χ0) is 26.2. The third kappa shape index (κ3) is 7.61. The van der Waals surface area contributed by atoms with Crippen LogP contribution in [-0.2, 0) is 26.2 Å². The number of methoxy groups -OCH3 is 2. The summed E-state index contributed by atoms with van der Waals surface area (Å²) in [5.74, 6) is 0.154. The number of amides is 2. The largest absolute Gasteiger partial charge is 0.497 e. The molecule has 10 heteroatoms. The van der Waals surface area contributed by atoms with Gasteiger partial charge in [-0.1, -0.05) is 25.1 Å². The molecule has 192 valence electrons. The molecule has 2 rings (SSSR count). The summed E-state index contributed by atoms with van der Waals surface area (Å²) >= 11 is 0. The number of ether oxygens (including phenoxy) is 2. The van der Waals surface area contributed by atoms with Gasteiger partial charge in [-0.25, -0.2) is 8.42 Å². The topological polar surface area (TPSA) is 105 Å². The smallest absolute Gasteiger partial charge is 0.244 e. The number of nitrogens with zero attached hydrogens (tertiary/aromatic N) is 2. The zero-order valence-electron chi connectivity index (χ0n) is 21.2. The van der Waals surface area contributed by atoms with E-state index in [2.05, 4.69) is 5.32 Å². The molecule has 2 aromatic carbocycles. The quantitative estimate of drug-likeness (QED) is 0.476. The normalized spacial score (nSPS) is 11.9. The lowest BCUT2D eigenvalue weighted by atomic mass is 10.1. The van der Waals surface area contributed by atoms with Gasteiger partial charge in [-0.05, 0) is 55.7 Å². The van der Waals surface area contributed by atoms with E-state index in [0.717, 1.165) is 28.1 Å². The first kappa shape index (κ1) is 28.0. The van der Waals surface area contributed by atoms with Gasteiger partial charge in [0.15, 0.2) is 0 Å². The number of carbonyl (C=O) groups excluding carboxylic acids is 2. The Kier molecular flexibility index (Phi) is 9.94. The molecule has 2 amide bonds. The van der Waals surface area contributed by atoms with E-state index >= 15 is 0 Å². The number of hydrogen-bond acceptors (Lipinski definition) is 6. The minimum Gasteiger partial charge on any atom is -0.497 e. The van der Waals surface area contributed by atoms with Crippen molar-refractivity contribution in [1.29, 1.82) is 0 Å².